The van der Waals surface area contributed by atoms with E-state index in [1.165, 1.54) is 57.9 Å². The maximum absolute atomic E-state index is 5.45. The number of aromatic nitrogens is 2. The molecule has 0 unspecified atom stereocenters. The van der Waals surface area contributed by atoms with E-state index in [0.29, 0.717) is 0 Å². The van der Waals surface area contributed by atoms with Gasteiger partial charge in [-0.25, -0.2) is 9.97 Å². The quantitative estimate of drug-likeness (QED) is 0.188. The fraction of sp³-hybridized carbons (Fsp3) is 0. The molecule has 0 aliphatic carbocycles. The van der Waals surface area contributed by atoms with Crippen LogP contribution < -0.4 is 0 Å². The molecule has 0 saturated heterocycles. The molecule has 3 heteroatoms. The van der Waals surface area contributed by atoms with Crippen LogP contribution in [0.3, 0.4) is 0 Å². The number of hydrogen-bond acceptors (Lipinski definition) is 3. The summed E-state index contributed by atoms with van der Waals surface area (Å²) in [6, 6.07) is 52.4. The van der Waals surface area contributed by atoms with Crippen LogP contribution in [-0.4, -0.2) is 9.97 Å². The van der Waals surface area contributed by atoms with Crippen molar-refractivity contribution in [1.82, 2.24) is 9.97 Å². The standard InChI is InChI=1S/C42H24N2S/c1-2-11-27-21-28(18-17-25(27)9-1)41-33-20-19-26-10-3-4-12-29(26)34(33)22-38(44-41)42-32-15-6-5-13-30(32)35-24-40-36(23-37(35)43-42)31-14-7-8-16-39(31)45-40/h1-24H. The third kappa shape index (κ3) is 3.75. The van der Waals surface area contributed by atoms with E-state index < -0.39 is 0 Å². The lowest BCUT2D eigenvalue weighted by Gasteiger charge is -2.15. The molecule has 10 rings (SSSR count). The number of benzene rings is 7. The maximum atomic E-state index is 5.45. The third-order valence-corrected chi connectivity index (χ3v) is 10.3. The molecule has 10 aromatic rings. The predicted octanol–water partition coefficient (Wildman–Crippen LogP) is 11.9. The first-order chi connectivity index (χ1) is 22.3. The van der Waals surface area contributed by atoms with E-state index >= 15 is 0 Å². The van der Waals surface area contributed by atoms with E-state index in [0.717, 1.165) is 38.9 Å². The molecule has 45 heavy (non-hydrogen) atoms. The van der Waals surface area contributed by atoms with Gasteiger partial charge in [0.15, 0.2) is 0 Å². The summed E-state index contributed by atoms with van der Waals surface area (Å²) < 4.78 is 2.59. The second kappa shape index (κ2) is 9.43. The zero-order valence-electron chi connectivity index (χ0n) is 24.2. The first-order valence-electron chi connectivity index (χ1n) is 15.2. The Morgan fingerprint density at radius 2 is 1.04 bits per heavy atom. The van der Waals surface area contributed by atoms with Crippen molar-refractivity contribution < 1.29 is 0 Å². The Hall–Kier alpha value is -5.64. The van der Waals surface area contributed by atoms with E-state index in [9.17, 15) is 0 Å². The Labute approximate surface area is 262 Å². The summed E-state index contributed by atoms with van der Waals surface area (Å²) in [5.74, 6) is 0. The highest BCUT2D eigenvalue weighted by Crippen LogP contribution is 2.41. The number of pyridine rings is 2. The van der Waals surface area contributed by atoms with Gasteiger partial charge in [0, 0.05) is 41.9 Å². The molecule has 0 aliphatic rings. The molecule has 0 atom stereocenters. The van der Waals surface area contributed by atoms with Crippen LogP contribution in [0.25, 0.3) is 96.8 Å². The lowest BCUT2D eigenvalue weighted by atomic mass is 9.95. The molecule has 3 heterocycles. The number of hydrogen-bond donors (Lipinski definition) is 0. The molecule has 0 bridgehead atoms. The van der Waals surface area contributed by atoms with Gasteiger partial charge in [0.05, 0.1) is 22.6 Å². The van der Waals surface area contributed by atoms with Crippen molar-refractivity contribution in [1.29, 1.82) is 0 Å². The van der Waals surface area contributed by atoms with Crippen LogP contribution in [0.15, 0.2) is 146 Å². The molecule has 3 aromatic heterocycles. The van der Waals surface area contributed by atoms with Gasteiger partial charge in [-0.15, -0.1) is 11.3 Å². The van der Waals surface area contributed by atoms with Gasteiger partial charge < -0.3 is 0 Å². The Kier molecular flexibility index (Phi) is 5.19. The van der Waals surface area contributed by atoms with Crippen molar-refractivity contribution in [3.8, 4) is 22.6 Å². The van der Waals surface area contributed by atoms with Gasteiger partial charge in [-0.05, 0) is 62.6 Å². The second-order valence-electron chi connectivity index (χ2n) is 11.8. The lowest BCUT2D eigenvalue weighted by molar-refractivity contribution is 1.31. The molecule has 7 aromatic carbocycles. The summed E-state index contributed by atoms with van der Waals surface area (Å²) in [6.07, 6.45) is 0. The monoisotopic (exact) mass is 588 g/mol. The number of fused-ring (bicyclic) bond motifs is 10. The van der Waals surface area contributed by atoms with Crippen molar-refractivity contribution in [3.05, 3.63) is 146 Å². The molecule has 0 radical (unpaired) electrons. The van der Waals surface area contributed by atoms with Crippen molar-refractivity contribution in [2.75, 3.05) is 0 Å². The topological polar surface area (TPSA) is 25.8 Å². The smallest absolute Gasteiger partial charge is 0.0972 e. The fourth-order valence-corrected chi connectivity index (χ4v) is 8.18. The third-order valence-electron chi connectivity index (χ3n) is 9.20. The van der Waals surface area contributed by atoms with Gasteiger partial charge >= 0.3 is 0 Å². The largest absolute Gasteiger partial charge is 0.245 e. The number of rotatable bonds is 2. The lowest BCUT2D eigenvalue weighted by Crippen LogP contribution is -1.96. The van der Waals surface area contributed by atoms with Gasteiger partial charge in [-0.3, -0.25) is 0 Å². The second-order valence-corrected chi connectivity index (χ2v) is 12.9. The molecule has 2 nitrogen and oxygen atoms in total. The molecule has 0 amide bonds. The Morgan fingerprint density at radius 1 is 0.356 bits per heavy atom. The average Bonchev–Trinajstić information content (AvgIpc) is 3.47. The summed E-state index contributed by atoms with van der Waals surface area (Å²) in [4.78, 5) is 10.9. The zero-order valence-corrected chi connectivity index (χ0v) is 25.0. The van der Waals surface area contributed by atoms with Crippen LogP contribution in [0.1, 0.15) is 0 Å². The van der Waals surface area contributed by atoms with E-state index in [1.54, 1.807) is 0 Å². The Morgan fingerprint density at radius 3 is 1.93 bits per heavy atom. The average molecular weight is 589 g/mol. The molecule has 208 valence electrons. The van der Waals surface area contributed by atoms with Gasteiger partial charge in [-0.2, -0.15) is 0 Å². The van der Waals surface area contributed by atoms with E-state index in [2.05, 4.69) is 146 Å². The minimum atomic E-state index is 0.885. The fourth-order valence-electron chi connectivity index (χ4n) is 7.05. The molecule has 0 fully saturated rings. The molecule has 0 spiro atoms. The summed E-state index contributed by atoms with van der Waals surface area (Å²) in [5.41, 5.74) is 4.87. The highest BCUT2D eigenvalue weighted by atomic mass is 32.1. The predicted molar refractivity (Wildman–Crippen MR) is 193 cm³/mol. The van der Waals surface area contributed by atoms with Crippen LogP contribution in [0.5, 0.6) is 0 Å². The van der Waals surface area contributed by atoms with Crippen molar-refractivity contribution in [2.45, 2.75) is 0 Å². The van der Waals surface area contributed by atoms with Crippen LogP contribution in [0.2, 0.25) is 0 Å². The van der Waals surface area contributed by atoms with Crippen LogP contribution in [-0.2, 0) is 0 Å². The first-order valence-corrected chi connectivity index (χ1v) is 16.1. The molecular formula is C42H24N2S. The van der Waals surface area contributed by atoms with E-state index in [-0.39, 0.29) is 0 Å². The highest BCUT2D eigenvalue weighted by Gasteiger charge is 2.18. The van der Waals surface area contributed by atoms with Crippen molar-refractivity contribution in [2.24, 2.45) is 0 Å². The SMILES string of the molecule is c1ccc2cc(-c3nc(-c4nc5cc6c(cc5c5ccccc45)sc4ccccc46)cc4c3ccc3ccccc34)ccc2c1. The number of nitrogens with zero attached hydrogens (tertiary/aromatic N) is 2. The van der Waals surface area contributed by atoms with Gasteiger partial charge in [0.2, 0.25) is 0 Å². The Bertz CT molecular complexity index is 2830. The van der Waals surface area contributed by atoms with Gasteiger partial charge in [0.1, 0.15) is 0 Å². The zero-order chi connectivity index (χ0) is 29.5. The minimum Gasteiger partial charge on any atom is -0.245 e. The molecular weight excluding hydrogens is 565 g/mol. The molecule has 0 N–H and O–H groups in total. The summed E-state index contributed by atoms with van der Waals surface area (Å²) in [7, 11) is 0. The maximum Gasteiger partial charge on any atom is 0.0972 e. The van der Waals surface area contributed by atoms with Crippen LogP contribution >= 0.6 is 11.3 Å². The van der Waals surface area contributed by atoms with E-state index in [4.69, 9.17) is 9.97 Å². The van der Waals surface area contributed by atoms with Gasteiger partial charge in [0.25, 0.3) is 0 Å². The van der Waals surface area contributed by atoms with E-state index in [1.807, 2.05) is 11.3 Å². The number of thiophene rings is 1. The summed E-state index contributed by atoms with van der Waals surface area (Å²) >= 11 is 1.85. The highest BCUT2D eigenvalue weighted by molar-refractivity contribution is 7.25. The first kappa shape index (κ1) is 24.8. The van der Waals surface area contributed by atoms with Crippen LogP contribution in [0, 0.1) is 0 Å². The van der Waals surface area contributed by atoms with Crippen LogP contribution in [0.4, 0.5) is 0 Å². The summed E-state index contributed by atoms with van der Waals surface area (Å²) in [5, 5.41) is 13.2. The normalized spacial score (nSPS) is 12.0. The molecule has 0 aliphatic heterocycles. The van der Waals surface area contributed by atoms with Crippen molar-refractivity contribution >= 4 is 85.5 Å². The minimum absolute atomic E-state index is 0.885. The van der Waals surface area contributed by atoms with Crippen molar-refractivity contribution in [3.63, 3.8) is 0 Å². The van der Waals surface area contributed by atoms with Gasteiger partial charge in [-0.1, -0.05) is 115 Å². The molecule has 0 saturated carbocycles. The summed E-state index contributed by atoms with van der Waals surface area (Å²) in [6.45, 7) is 0. The Balaban J connectivity index is 1.32.